The van der Waals surface area contributed by atoms with E-state index in [0.717, 1.165) is 42.8 Å². The number of aliphatic hydroxyl groups is 1. The van der Waals surface area contributed by atoms with Gasteiger partial charge in [-0.2, -0.15) is 0 Å². The molecule has 1 fully saturated rings. The van der Waals surface area contributed by atoms with Crippen LogP contribution in [0.1, 0.15) is 36.9 Å². The third-order valence-corrected chi connectivity index (χ3v) is 6.52. The molecular formula is C29H34N2O5. The Labute approximate surface area is 212 Å². The zero-order valence-corrected chi connectivity index (χ0v) is 20.8. The lowest BCUT2D eigenvalue weighted by Gasteiger charge is -2.31. The van der Waals surface area contributed by atoms with Crippen LogP contribution in [0.15, 0.2) is 72.0 Å². The van der Waals surface area contributed by atoms with Gasteiger partial charge in [0.05, 0.1) is 31.4 Å². The molecule has 0 radical (unpaired) electrons. The van der Waals surface area contributed by atoms with Crippen LogP contribution in [0.4, 0.5) is 0 Å². The number of rotatable bonds is 11. The monoisotopic (exact) mass is 490 g/mol. The van der Waals surface area contributed by atoms with Gasteiger partial charge in [0.15, 0.2) is 11.5 Å². The van der Waals surface area contributed by atoms with E-state index in [4.69, 9.17) is 9.47 Å². The standard InChI is InChI=1S/C29H34N2O5/c1-2-3-19-36-24-12-10-23(11-13-24)27-26(25(32)14-9-22-7-5-4-6-8-22)28(33)29(34)31(27)16-15-30-17-20-35-21-18-30/h4-14,27,33H,2-3,15-21H2,1H3. The van der Waals surface area contributed by atoms with Crippen LogP contribution >= 0.6 is 0 Å². The Morgan fingerprint density at radius 2 is 1.81 bits per heavy atom. The van der Waals surface area contributed by atoms with E-state index < -0.39 is 17.7 Å². The number of hydrogen-bond donors (Lipinski definition) is 1. The number of hydrogen-bond acceptors (Lipinski definition) is 6. The fourth-order valence-electron chi connectivity index (χ4n) is 4.46. The first kappa shape index (κ1) is 25.7. The number of ether oxygens (including phenoxy) is 2. The molecule has 1 unspecified atom stereocenters. The molecule has 0 bridgehead atoms. The maximum absolute atomic E-state index is 13.3. The van der Waals surface area contributed by atoms with Gasteiger partial charge in [0.25, 0.3) is 5.91 Å². The van der Waals surface area contributed by atoms with Crippen molar-refractivity contribution < 1.29 is 24.2 Å². The average molecular weight is 491 g/mol. The number of morpholine rings is 1. The minimum absolute atomic E-state index is 0.105. The zero-order valence-electron chi connectivity index (χ0n) is 20.8. The molecule has 2 heterocycles. The Balaban J connectivity index is 1.59. The number of carbonyl (C=O) groups excluding carboxylic acids is 2. The van der Waals surface area contributed by atoms with E-state index in [1.165, 1.54) is 6.08 Å². The summed E-state index contributed by atoms with van der Waals surface area (Å²) in [4.78, 5) is 30.3. The molecule has 0 spiro atoms. The lowest BCUT2D eigenvalue weighted by molar-refractivity contribution is -0.129. The number of nitrogens with zero attached hydrogens (tertiary/aromatic N) is 2. The fraction of sp³-hybridized carbons (Fsp3) is 0.379. The minimum atomic E-state index is -0.670. The van der Waals surface area contributed by atoms with E-state index in [9.17, 15) is 14.7 Å². The molecular weight excluding hydrogens is 456 g/mol. The van der Waals surface area contributed by atoms with Gasteiger partial charge in [-0.05, 0) is 35.8 Å². The largest absolute Gasteiger partial charge is 0.503 e. The van der Waals surface area contributed by atoms with Crippen molar-refractivity contribution in [2.75, 3.05) is 46.0 Å². The van der Waals surface area contributed by atoms with Gasteiger partial charge in [0.1, 0.15) is 5.75 Å². The van der Waals surface area contributed by atoms with Crippen LogP contribution in [0.25, 0.3) is 6.08 Å². The summed E-state index contributed by atoms with van der Waals surface area (Å²) in [7, 11) is 0. The van der Waals surface area contributed by atoms with Crippen molar-refractivity contribution in [1.82, 2.24) is 9.80 Å². The molecule has 2 aromatic rings. The summed E-state index contributed by atoms with van der Waals surface area (Å²) in [6.07, 6.45) is 5.14. The summed E-state index contributed by atoms with van der Waals surface area (Å²) in [5.74, 6) is -0.644. The topological polar surface area (TPSA) is 79.3 Å². The molecule has 2 aliphatic heterocycles. The third-order valence-electron chi connectivity index (χ3n) is 6.52. The SMILES string of the molecule is CCCCOc1ccc(C2C(C(=O)C=Cc3ccccc3)=C(O)C(=O)N2CCN2CCOCC2)cc1. The highest BCUT2D eigenvalue weighted by Crippen LogP contribution is 2.38. The fourth-order valence-corrected chi connectivity index (χ4v) is 4.46. The number of ketones is 1. The Bertz CT molecular complexity index is 1090. The smallest absolute Gasteiger partial charge is 0.290 e. The van der Waals surface area contributed by atoms with E-state index in [-0.39, 0.29) is 11.4 Å². The number of benzene rings is 2. The third kappa shape index (κ3) is 6.22. The molecule has 2 aliphatic rings. The molecule has 1 N–H and O–H groups in total. The predicted octanol–water partition coefficient (Wildman–Crippen LogP) is 4.18. The van der Waals surface area contributed by atoms with E-state index in [1.54, 1.807) is 11.0 Å². The lowest BCUT2D eigenvalue weighted by Crippen LogP contribution is -2.43. The Morgan fingerprint density at radius 1 is 1.08 bits per heavy atom. The van der Waals surface area contributed by atoms with Crippen molar-refractivity contribution in [1.29, 1.82) is 0 Å². The normalized spacial score (nSPS) is 18.9. The summed E-state index contributed by atoms with van der Waals surface area (Å²) >= 11 is 0. The lowest BCUT2D eigenvalue weighted by atomic mass is 9.95. The molecule has 1 amide bonds. The van der Waals surface area contributed by atoms with Gasteiger partial charge in [-0.25, -0.2) is 0 Å². The molecule has 0 saturated carbocycles. The van der Waals surface area contributed by atoms with Crippen LogP contribution in [-0.4, -0.2) is 72.6 Å². The highest BCUT2D eigenvalue weighted by atomic mass is 16.5. The number of aliphatic hydroxyl groups excluding tert-OH is 1. The molecule has 0 aliphatic carbocycles. The second-order valence-electron chi connectivity index (χ2n) is 9.00. The Morgan fingerprint density at radius 3 is 2.50 bits per heavy atom. The van der Waals surface area contributed by atoms with Gasteiger partial charge in [0.2, 0.25) is 0 Å². The van der Waals surface area contributed by atoms with Crippen LogP contribution < -0.4 is 4.74 Å². The van der Waals surface area contributed by atoms with Crippen molar-refractivity contribution in [3.8, 4) is 5.75 Å². The van der Waals surface area contributed by atoms with Crippen LogP contribution in [0.2, 0.25) is 0 Å². The maximum Gasteiger partial charge on any atom is 0.290 e. The molecule has 1 atom stereocenters. The summed E-state index contributed by atoms with van der Waals surface area (Å²) in [5.41, 5.74) is 1.73. The molecule has 2 aromatic carbocycles. The van der Waals surface area contributed by atoms with Gasteiger partial charge >= 0.3 is 0 Å². The molecule has 4 rings (SSSR count). The summed E-state index contributed by atoms with van der Waals surface area (Å²) in [6, 6.07) is 16.2. The Hall–Kier alpha value is -3.42. The van der Waals surface area contributed by atoms with Crippen LogP contribution in [0.3, 0.4) is 0 Å². The molecule has 190 valence electrons. The van der Waals surface area contributed by atoms with Crippen molar-refractivity contribution in [3.05, 3.63) is 83.1 Å². The first-order valence-electron chi connectivity index (χ1n) is 12.6. The van der Waals surface area contributed by atoms with Gasteiger partial charge in [-0.15, -0.1) is 0 Å². The van der Waals surface area contributed by atoms with E-state index in [0.29, 0.717) is 32.9 Å². The number of allylic oxidation sites excluding steroid dienone is 1. The highest BCUT2D eigenvalue weighted by molar-refractivity contribution is 6.14. The molecule has 1 saturated heterocycles. The van der Waals surface area contributed by atoms with Crippen molar-refractivity contribution in [2.45, 2.75) is 25.8 Å². The zero-order chi connectivity index (χ0) is 25.3. The summed E-state index contributed by atoms with van der Waals surface area (Å²) in [6.45, 7) is 6.68. The first-order valence-corrected chi connectivity index (χ1v) is 12.6. The van der Waals surface area contributed by atoms with Crippen LogP contribution in [0, 0.1) is 0 Å². The predicted molar refractivity (Wildman–Crippen MR) is 139 cm³/mol. The summed E-state index contributed by atoms with van der Waals surface area (Å²) in [5, 5.41) is 10.8. The average Bonchev–Trinajstić information content (AvgIpc) is 3.17. The second kappa shape index (κ2) is 12.5. The van der Waals surface area contributed by atoms with Gasteiger partial charge in [-0.3, -0.25) is 14.5 Å². The van der Waals surface area contributed by atoms with Crippen LogP contribution in [0.5, 0.6) is 5.75 Å². The highest BCUT2D eigenvalue weighted by Gasteiger charge is 2.42. The molecule has 7 heteroatoms. The van der Waals surface area contributed by atoms with Gasteiger partial charge in [0, 0.05) is 26.2 Å². The molecule has 7 nitrogen and oxygen atoms in total. The number of amides is 1. The van der Waals surface area contributed by atoms with Crippen molar-refractivity contribution in [3.63, 3.8) is 0 Å². The number of unbranched alkanes of at least 4 members (excludes halogenated alkanes) is 1. The quantitative estimate of drug-likeness (QED) is 0.376. The van der Waals surface area contributed by atoms with Gasteiger partial charge < -0.3 is 19.5 Å². The van der Waals surface area contributed by atoms with Crippen LogP contribution in [-0.2, 0) is 14.3 Å². The van der Waals surface area contributed by atoms with E-state index in [1.807, 2.05) is 54.6 Å². The molecule has 36 heavy (non-hydrogen) atoms. The van der Waals surface area contributed by atoms with E-state index in [2.05, 4.69) is 11.8 Å². The number of carbonyl (C=O) groups is 2. The van der Waals surface area contributed by atoms with Gasteiger partial charge in [-0.1, -0.05) is 61.9 Å². The Kier molecular flexibility index (Phi) is 8.92. The first-order chi connectivity index (χ1) is 17.6. The van der Waals surface area contributed by atoms with Crippen molar-refractivity contribution in [2.24, 2.45) is 0 Å². The maximum atomic E-state index is 13.3. The van der Waals surface area contributed by atoms with Crippen molar-refractivity contribution >= 4 is 17.8 Å². The molecule has 0 aromatic heterocycles. The minimum Gasteiger partial charge on any atom is -0.503 e. The summed E-state index contributed by atoms with van der Waals surface area (Å²) < 4.78 is 11.2. The second-order valence-corrected chi connectivity index (χ2v) is 9.00. The van der Waals surface area contributed by atoms with E-state index >= 15 is 0 Å².